The fourth-order valence-electron chi connectivity index (χ4n) is 0.783. The summed E-state index contributed by atoms with van der Waals surface area (Å²) in [5, 5.41) is 0.136. The molecular formula is C7H4ClF3IN. The Labute approximate surface area is 91.2 Å². The van der Waals surface area contributed by atoms with Crippen LogP contribution in [0.1, 0.15) is 5.56 Å². The number of anilines is 1. The van der Waals surface area contributed by atoms with Gasteiger partial charge in [-0.1, -0.05) is 11.6 Å². The van der Waals surface area contributed by atoms with E-state index in [0.29, 0.717) is 0 Å². The molecule has 2 N–H and O–H groups in total. The minimum Gasteiger partial charge on any atom is -0.398 e. The van der Waals surface area contributed by atoms with Crippen LogP contribution in [0.5, 0.6) is 0 Å². The van der Waals surface area contributed by atoms with E-state index in [1.807, 2.05) is 0 Å². The summed E-state index contributed by atoms with van der Waals surface area (Å²) in [5.74, 6) is 0. The first-order valence-corrected chi connectivity index (χ1v) is 4.60. The highest BCUT2D eigenvalue weighted by Gasteiger charge is 2.33. The summed E-state index contributed by atoms with van der Waals surface area (Å²) < 4.78 is 36.8. The van der Waals surface area contributed by atoms with Crippen molar-refractivity contribution in [3.05, 3.63) is 26.3 Å². The zero-order valence-electron chi connectivity index (χ0n) is 6.12. The molecule has 0 aliphatic heterocycles. The lowest BCUT2D eigenvalue weighted by atomic mass is 10.2. The van der Waals surface area contributed by atoms with Gasteiger partial charge in [-0.2, -0.15) is 13.2 Å². The van der Waals surface area contributed by atoms with Gasteiger partial charge in [0.05, 0.1) is 16.3 Å². The van der Waals surface area contributed by atoms with Crippen LogP contribution >= 0.6 is 34.2 Å². The van der Waals surface area contributed by atoms with Crippen LogP contribution < -0.4 is 5.73 Å². The highest BCUT2D eigenvalue weighted by atomic mass is 127. The van der Waals surface area contributed by atoms with Crippen LogP contribution in [0.2, 0.25) is 5.02 Å². The lowest BCUT2D eigenvalue weighted by molar-refractivity contribution is -0.138. The third-order valence-corrected chi connectivity index (χ3v) is 2.61. The molecule has 1 nitrogen and oxygen atoms in total. The van der Waals surface area contributed by atoms with Gasteiger partial charge in [0, 0.05) is 3.57 Å². The van der Waals surface area contributed by atoms with Gasteiger partial charge in [-0.15, -0.1) is 0 Å². The van der Waals surface area contributed by atoms with Gasteiger partial charge >= 0.3 is 6.18 Å². The van der Waals surface area contributed by atoms with Crippen LogP contribution in [-0.4, -0.2) is 0 Å². The number of nitrogens with two attached hydrogens (primary N) is 1. The highest BCUT2D eigenvalue weighted by molar-refractivity contribution is 14.1. The standard InChI is InChI=1S/C7H4ClF3IN/c8-4-2-5(12)3(1-6(4)13)7(9,10)11/h1-2H,13H2. The number of alkyl halides is 3. The molecule has 0 heterocycles. The molecule has 13 heavy (non-hydrogen) atoms. The van der Waals surface area contributed by atoms with Gasteiger partial charge in [0.1, 0.15) is 0 Å². The Bertz CT molecular complexity index is 337. The van der Waals surface area contributed by atoms with Crippen molar-refractivity contribution in [1.29, 1.82) is 0 Å². The van der Waals surface area contributed by atoms with Crippen molar-refractivity contribution >= 4 is 39.9 Å². The summed E-state index contributed by atoms with van der Waals surface area (Å²) >= 11 is 7.11. The topological polar surface area (TPSA) is 26.0 Å². The molecule has 0 unspecified atom stereocenters. The monoisotopic (exact) mass is 321 g/mol. The summed E-state index contributed by atoms with van der Waals surface area (Å²) in [6, 6.07) is 2.03. The van der Waals surface area contributed by atoms with E-state index in [1.54, 1.807) is 22.6 Å². The Kier molecular flexibility index (Phi) is 2.96. The normalized spacial score (nSPS) is 11.8. The van der Waals surface area contributed by atoms with Gasteiger partial charge in [-0.3, -0.25) is 0 Å². The van der Waals surface area contributed by atoms with Crippen LogP contribution in [-0.2, 0) is 6.18 Å². The van der Waals surface area contributed by atoms with Crippen molar-refractivity contribution in [3.8, 4) is 0 Å². The zero-order chi connectivity index (χ0) is 10.2. The molecule has 72 valence electrons. The summed E-state index contributed by atoms with van der Waals surface area (Å²) in [7, 11) is 0. The predicted octanol–water partition coefficient (Wildman–Crippen LogP) is 3.55. The van der Waals surface area contributed by atoms with Crippen molar-refractivity contribution in [1.82, 2.24) is 0 Å². The number of benzene rings is 1. The Balaban J connectivity index is 3.32. The number of rotatable bonds is 0. The fraction of sp³-hybridized carbons (Fsp3) is 0.143. The largest absolute Gasteiger partial charge is 0.417 e. The second-order valence-corrected chi connectivity index (χ2v) is 3.92. The Morgan fingerprint density at radius 2 is 1.85 bits per heavy atom. The lowest BCUT2D eigenvalue weighted by Crippen LogP contribution is -2.08. The van der Waals surface area contributed by atoms with Crippen molar-refractivity contribution in [3.63, 3.8) is 0 Å². The number of nitrogen functional groups attached to an aromatic ring is 1. The molecule has 0 saturated carbocycles. The van der Waals surface area contributed by atoms with Crippen molar-refractivity contribution in [2.75, 3.05) is 5.73 Å². The minimum absolute atomic E-state index is 0.0456. The van der Waals surface area contributed by atoms with Crippen LogP contribution in [0.25, 0.3) is 0 Å². The third kappa shape index (κ3) is 2.40. The van der Waals surface area contributed by atoms with Crippen LogP contribution in [0, 0.1) is 3.57 Å². The van der Waals surface area contributed by atoms with Crippen molar-refractivity contribution in [2.24, 2.45) is 0 Å². The molecule has 0 amide bonds. The van der Waals surface area contributed by atoms with E-state index < -0.39 is 11.7 Å². The Morgan fingerprint density at radius 3 is 2.31 bits per heavy atom. The first-order chi connectivity index (χ1) is 5.82. The maximum Gasteiger partial charge on any atom is 0.417 e. The van der Waals surface area contributed by atoms with E-state index >= 15 is 0 Å². The van der Waals surface area contributed by atoms with Crippen molar-refractivity contribution in [2.45, 2.75) is 6.18 Å². The maximum absolute atomic E-state index is 12.3. The maximum atomic E-state index is 12.3. The highest BCUT2D eigenvalue weighted by Crippen LogP contribution is 2.36. The quantitative estimate of drug-likeness (QED) is 0.574. The molecule has 0 aliphatic rings. The molecular weight excluding hydrogens is 317 g/mol. The van der Waals surface area contributed by atoms with E-state index in [2.05, 4.69) is 0 Å². The molecule has 1 rings (SSSR count). The molecule has 1 aromatic carbocycles. The molecule has 0 aromatic heterocycles. The number of hydrogen-bond donors (Lipinski definition) is 1. The third-order valence-electron chi connectivity index (χ3n) is 1.39. The van der Waals surface area contributed by atoms with Gasteiger partial charge in [0.2, 0.25) is 0 Å². The average Bonchev–Trinajstić information content (AvgIpc) is 1.94. The summed E-state index contributed by atoms with van der Waals surface area (Å²) in [6.45, 7) is 0. The second kappa shape index (κ2) is 3.53. The van der Waals surface area contributed by atoms with Gasteiger partial charge in [-0.05, 0) is 34.7 Å². The first-order valence-electron chi connectivity index (χ1n) is 3.14. The SMILES string of the molecule is Nc1cc(C(F)(F)F)c(I)cc1Cl. The Hall–Kier alpha value is -0.170. The molecule has 1 aromatic rings. The summed E-state index contributed by atoms with van der Waals surface area (Å²) in [6.07, 6.45) is -4.38. The molecule has 0 saturated heterocycles. The van der Waals surface area contributed by atoms with E-state index in [9.17, 15) is 13.2 Å². The average molecular weight is 321 g/mol. The lowest BCUT2D eigenvalue weighted by Gasteiger charge is -2.10. The summed E-state index contributed by atoms with van der Waals surface area (Å²) in [5.41, 5.74) is 4.44. The number of hydrogen-bond acceptors (Lipinski definition) is 1. The molecule has 0 radical (unpaired) electrons. The van der Waals surface area contributed by atoms with E-state index in [-0.39, 0.29) is 14.3 Å². The van der Waals surface area contributed by atoms with Crippen LogP contribution in [0.3, 0.4) is 0 Å². The van der Waals surface area contributed by atoms with E-state index in [0.717, 1.165) is 6.07 Å². The summed E-state index contributed by atoms with van der Waals surface area (Å²) in [4.78, 5) is 0. The molecule has 0 bridgehead atoms. The molecule has 6 heteroatoms. The molecule has 0 spiro atoms. The minimum atomic E-state index is -4.38. The van der Waals surface area contributed by atoms with Gasteiger partial charge in [0.15, 0.2) is 0 Å². The van der Waals surface area contributed by atoms with Crippen LogP contribution in [0.4, 0.5) is 18.9 Å². The molecule has 0 fully saturated rings. The van der Waals surface area contributed by atoms with Gasteiger partial charge < -0.3 is 5.73 Å². The number of halogens is 5. The van der Waals surface area contributed by atoms with Crippen molar-refractivity contribution < 1.29 is 13.2 Å². The van der Waals surface area contributed by atoms with Gasteiger partial charge in [-0.25, -0.2) is 0 Å². The first kappa shape index (κ1) is 10.9. The van der Waals surface area contributed by atoms with Gasteiger partial charge in [0.25, 0.3) is 0 Å². The second-order valence-electron chi connectivity index (χ2n) is 2.35. The van der Waals surface area contributed by atoms with E-state index in [4.69, 9.17) is 17.3 Å². The zero-order valence-corrected chi connectivity index (χ0v) is 9.04. The predicted molar refractivity (Wildman–Crippen MR) is 53.6 cm³/mol. The Morgan fingerprint density at radius 1 is 1.31 bits per heavy atom. The smallest absolute Gasteiger partial charge is 0.398 e. The fourth-order valence-corrected chi connectivity index (χ4v) is 1.90. The van der Waals surface area contributed by atoms with Crippen LogP contribution in [0.15, 0.2) is 12.1 Å². The molecule has 0 aliphatic carbocycles. The van der Waals surface area contributed by atoms with E-state index in [1.165, 1.54) is 6.07 Å². The molecule has 0 atom stereocenters.